The lowest BCUT2D eigenvalue weighted by Gasteiger charge is -2.23. The summed E-state index contributed by atoms with van der Waals surface area (Å²) in [6.07, 6.45) is 0.652. The number of carbonyl (C=O) groups is 2. The number of nitrogens with zero attached hydrogens (tertiary/aromatic N) is 3. The van der Waals surface area contributed by atoms with Gasteiger partial charge in [-0.1, -0.05) is 53.2 Å². The molecule has 0 aliphatic carbocycles. The van der Waals surface area contributed by atoms with Crippen LogP contribution in [0, 0.1) is 6.92 Å². The molecule has 0 saturated carbocycles. The average Bonchev–Trinajstić information content (AvgIpc) is 3.50. The Labute approximate surface area is 224 Å². The second-order valence-corrected chi connectivity index (χ2v) is 10.5. The number of nitrogens with one attached hydrogen (secondary N) is 1. The highest BCUT2D eigenvalue weighted by Gasteiger charge is 2.39. The van der Waals surface area contributed by atoms with E-state index in [1.165, 1.54) is 11.8 Å². The summed E-state index contributed by atoms with van der Waals surface area (Å²) in [4.78, 5) is 29.7. The van der Waals surface area contributed by atoms with Crippen LogP contribution >= 0.6 is 23.4 Å². The van der Waals surface area contributed by atoms with Gasteiger partial charge in [0, 0.05) is 23.6 Å². The van der Waals surface area contributed by atoms with Gasteiger partial charge in [-0.05, 0) is 66.6 Å². The molecule has 2 heterocycles. The third-order valence-electron chi connectivity index (χ3n) is 6.22. The Morgan fingerprint density at radius 2 is 1.78 bits per heavy atom. The lowest BCUT2D eigenvalue weighted by atomic mass is 9.98. The molecule has 2 atom stereocenters. The van der Waals surface area contributed by atoms with E-state index in [1.807, 2.05) is 79.7 Å². The number of thioether (sulfide) groups is 1. The zero-order valence-electron chi connectivity index (χ0n) is 20.3. The first-order valence-corrected chi connectivity index (χ1v) is 13.1. The Morgan fingerprint density at radius 1 is 1.08 bits per heavy atom. The number of benzene rings is 3. The number of hydrogen-bond acceptors (Lipinski definition) is 6. The molecule has 37 heavy (non-hydrogen) atoms. The Hall–Kier alpha value is -3.62. The summed E-state index contributed by atoms with van der Waals surface area (Å²) in [6, 6.07) is 22.7. The molecule has 0 saturated heterocycles. The Morgan fingerprint density at radius 3 is 2.46 bits per heavy atom. The van der Waals surface area contributed by atoms with E-state index in [1.54, 1.807) is 12.1 Å². The van der Waals surface area contributed by atoms with Gasteiger partial charge in [-0.2, -0.15) is 10.1 Å². The van der Waals surface area contributed by atoms with Gasteiger partial charge < -0.3 is 10.1 Å². The van der Waals surface area contributed by atoms with Crippen LogP contribution in [0.3, 0.4) is 0 Å². The molecule has 3 aromatic carbocycles. The van der Waals surface area contributed by atoms with Crippen LogP contribution in [0.4, 0.5) is 5.69 Å². The van der Waals surface area contributed by atoms with E-state index >= 15 is 0 Å². The highest BCUT2D eigenvalue weighted by atomic mass is 35.5. The molecule has 0 radical (unpaired) electrons. The molecule has 2 amide bonds. The van der Waals surface area contributed by atoms with Crippen molar-refractivity contribution in [2.45, 2.75) is 31.1 Å². The van der Waals surface area contributed by atoms with Gasteiger partial charge in [0.05, 0.1) is 18.9 Å². The van der Waals surface area contributed by atoms with Crippen LogP contribution in [0.25, 0.3) is 0 Å². The van der Waals surface area contributed by atoms with Gasteiger partial charge in [-0.25, -0.2) is 5.01 Å². The van der Waals surface area contributed by atoms with Crippen molar-refractivity contribution in [3.8, 4) is 5.75 Å². The minimum Gasteiger partial charge on any atom is -0.497 e. The largest absolute Gasteiger partial charge is 0.497 e. The van der Waals surface area contributed by atoms with Gasteiger partial charge in [-0.15, -0.1) is 0 Å². The summed E-state index contributed by atoms with van der Waals surface area (Å²) >= 11 is 7.40. The van der Waals surface area contributed by atoms with Crippen molar-refractivity contribution in [2.24, 2.45) is 10.1 Å². The van der Waals surface area contributed by atoms with Crippen LogP contribution in [0.2, 0.25) is 5.02 Å². The summed E-state index contributed by atoms with van der Waals surface area (Å²) < 4.78 is 5.28. The maximum atomic E-state index is 12.8. The van der Waals surface area contributed by atoms with Crippen LogP contribution in [0.15, 0.2) is 82.9 Å². The van der Waals surface area contributed by atoms with E-state index in [4.69, 9.17) is 21.4 Å². The van der Waals surface area contributed by atoms with Crippen LogP contribution in [0.1, 0.15) is 35.6 Å². The smallest absolute Gasteiger partial charge is 0.262 e. The first-order chi connectivity index (χ1) is 17.9. The van der Waals surface area contributed by atoms with Crippen molar-refractivity contribution < 1.29 is 14.3 Å². The predicted molar refractivity (Wildman–Crippen MR) is 148 cm³/mol. The second-order valence-electron chi connectivity index (χ2n) is 8.85. The number of anilines is 1. The van der Waals surface area contributed by atoms with Crippen LogP contribution in [-0.2, 0) is 9.59 Å². The standard InChI is InChI=1S/C28H25ClN4O3S/c1-17-3-11-21(12-4-17)30-26(34)16-25-27(35)31-28(37-25)33-24(19-5-9-20(29)10-6-19)15-23(32-33)18-7-13-22(36-2)14-8-18/h3-14,24-25H,15-16H2,1-2H3,(H,30,34)/t24-,25+/m1/s1. The number of aryl methyl sites for hydroxylation is 1. The second kappa shape index (κ2) is 10.8. The molecule has 2 aliphatic heterocycles. The van der Waals surface area contributed by atoms with Crippen molar-refractivity contribution in [2.75, 3.05) is 12.4 Å². The molecular weight excluding hydrogens is 508 g/mol. The molecule has 7 nitrogen and oxygen atoms in total. The maximum Gasteiger partial charge on any atom is 0.262 e. The summed E-state index contributed by atoms with van der Waals surface area (Å²) in [5.74, 6) is 0.202. The normalized spacial score (nSPS) is 19.0. The molecule has 0 unspecified atom stereocenters. The van der Waals surface area contributed by atoms with Crippen molar-refractivity contribution in [1.29, 1.82) is 0 Å². The van der Waals surface area contributed by atoms with Crippen LogP contribution in [-0.4, -0.2) is 40.1 Å². The molecule has 0 bridgehead atoms. The molecule has 5 rings (SSSR count). The van der Waals surface area contributed by atoms with Crippen LogP contribution in [0.5, 0.6) is 5.75 Å². The van der Waals surface area contributed by atoms with Gasteiger partial charge in [0.2, 0.25) is 5.91 Å². The third-order valence-corrected chi connectivity index (χ3v) is 7.61. The Balaban J connectivity index is 1.35. The molecule has 3 aromatic rings. The number of hydrazone groups is 1. The number of aliphatic imine (C=N–C) groups is 1. The van der Waals surface area contributed by atoms with E-state index in [2.05, 4.69) is 10.3 Å². The van der Waals surface area contributed by atoms with E-state index in [0.29, 0.717) is 22.3 Å². The number of methoxy groups -OCH3 is 1. The first-order valence-electron chi connectivity index (χ1n) is 11.8. The number of amidine groups is 1. The van der Waals surface area contributed by atoms with Crippen molar-refractivity contribution in [3.05, 3.63) is 94.5 Å². The number of hydrogen-bond donors (Lipinski definition) is 1. The highest BCUT2D eigenvalue weighted by molar-refractivity contribution is 8.15. The van der Waals surface area contributed by atoms with Crippen LogP contribution < -0.4 is 10.1 Å². The lowest BCUT2D eigenvalue weighted by molar-refractivity contribution is -0.121. The molecule has 0 aromatic heterocycles. The summed E-state index contributed by atoms with van der Waals surface area (Å²) in [7, 11) is 1.63. The van der Waals surface area contributed by atoms with Gasteiger partial charge in [0.15, 0.2) is 5.17 Å². The van der Waals surface area contributed by atoms with Crippen molar-refractivity contribution >= 4 is 51.7 Å². The predicted octanol–water partition coefficient (Wildman–Crippen LogP) is 5.83. The zero-order chi connectivity index (χ0) is 25.9. The fraction of sp³-hybridized carbons (Fsp3) is 0.214. The van der Waals surface area contributed by atoms with Gasteiger partial charge in [0.1, 0.15) is 11.0 Å². The third kappa shape index (κ3) is 5.70. The fourth-order valence-corrected chi connectivity index (χ4v) is 5.40. The SMILES string of the molecule is COc1ccc(C2=NN(C3=NC(=O)[C@H](CC(=O)Nc4ccc(C)cc4)S3)[C@@H](c3ccc(Cl)cc3)C2)cc1. The monoisotopic (exact) mass is 532 g/mol. The molecule has 0 spiro atoms. The summed E-state index contributed by atoms with van der Waals surface area (Å²) in [5, 5.41) is 10.1. The molecule has 0 fully saturated rings. The quantitative estimate of drug-likeness (QED) is 0.431. The number of carbonyl (C=O) groups excluding carboxylic acids is 2. The average molecular weight is 533 g/mol. The Kier molecular flexibility index (Phi) is 7.30. The molecule has 1 N–H and O–H groups in total. The molecule has 2 aliphatic rings. The van der Waals surface area contributed by atoms with Crippen molar-refractivity contribution in [3.63, 3.8) is 0 Å². The van der Waals surface area contributed by atoms with Gasteiger partial charge in [-0.3, -0.25) is 9.59 Å². The van der Waals surface area contributed by atoms with E-state index in [9.17, 15) is 9.59 Å². The first kappa shape index (κ1) is 25.0. The molecule has 9 heteroatoms. The number of rotatable bonds is 6. The topological polar surface area (TPSA) is 83.4 Å². The Bertz CT molecular complexity index is 1370. The molecule has 188 valence electrons. The summed E-state index contributed by atoms with van der Waals surface area (Å²) in [6.45, 7) is 1.98. The minimum absolute atomic E-state index is 0.0267. The lowest BCUT2D eigenvalue weighted by Crippen LogP contribution is -2.25. The fourth-order valence-electron chi connectivity index (χ4n) is 4.21. The van der Waals surface area contributed by atoms with E-state index in [-0.39, 0.29) is 24.3 Å². The highest BCUT2D eigenvalue weighted by Crippen LogP contribution is 2.39. The van der Waals surface area contributed by atoms with Crippen molar-refractivity contribution in [1.82, 2.24) is 5.01 Å². The number of ether oxygens (including phenoxy) is 1. The minimum atomic E-state index is -0.605. The van der Waals surface area contributed by atoms with Gasteiger partial charge in [0.25, 0.3) is 5.91 Å². The summed E-state index contributed by atoms with van der Waals surface area (Å²) in [5.41, 5.74) is 4.65. The van der Waals surface area contributed by atoms with E-state index in [0.717, 1.165) is 28.2 Å². The maximum absolute atomic E-state index is 12.8. The van der Waals surface area contributed by atoms with E-state index < -0.39 is 5.25 Å². The number of amides is 2. The van der Waals surface area contributed by atoms with Gasteiger partial charge >= 0.3 is 0 Å². The molecular formula is C28H25ClN4O3S. The number of halogens is 1. The zero-order valence-corrected chi connectivity index (χ0v) is 21.9.